The Bertz CT molecular complexity index is 302. The molecule has 16 heavy (non-hydrogen) atoms. The molecular formula is C14H23NS. The molecule has 1 aromatic carbocycles. The molecule has 1 aromatic rings. The van der Waals surface area contributed by atoms with Gasteiger partial charge in [0.25, 0.3) is 0 Å². The smallest absolute Gasteiger partial charge is 0.0184 e. The fraction of sp³-hybridized carbons (Fsp3) is 0.571. The van der Waals surface area contributed by atoms with Gasteiger partial charge in [-0.2, -0.15) is 11.8 Å². The van der Waals surface area contributed by atoms with Crippen molar-refractivity contribution in [2.45, 2.75) is 26.5 Å². The standard InChI is InChI=1S/C14H23NS/c1-11-5-12(2)7-14(6-11)10-16-9-13(3)8-15-4/h5-7,13,15H,8-10H2,1-4H3. The van der Waals surface area contributed by atoms with Crippen molar-refractivity contribution in [2.24, 2.45) is 5.92 Å². The lowest BCUT2D eigenvalue weighted by atomic mass is 10.1. The van der Waals surface area contributed by atoms with Crippen LogP contribution in [0.1, 0.15) is 23.6 Å². The summed E-state index contributed by atoms with van der Waals surface area (Å²) in [5.74, 6) is 3.12. The average molecular weight is 237 g/mol. The molecule has 0 heterocycles. The molecule has 1 N–H and O–H groups in total. The first-order chi connectivity index (χ1) is 7.61. The van der Waals surface area contributed by atoms with Crippen LogP contribution in [0.3, 0.4) is 0 Å². The molecule has 0 saturated carbocycles. The Hall–Kier alpha value is -0.470. The normalized spacial score (nSPS) is 12.8. The van der Waals surface area contributed by atoms with Crippen LogP contribution in [-0.4, -0.2) is 19.3 Å². The summed E-state index contributed by atoms with van der Waals surface area (Å²) in [5.41, 5.74) is 4.21. The summed E-state index contributed by atoms with van der Waals surface area (Å²) in [6.07, 6.45) is 0. The number of hydrogen-bond donors (Lipinski definition) is 1. The third-order valence-electron chi connectivity index (χ3n) is 2.51. The van der Waals surface area contributed by atoms with E-state index in [-0.39, 0.29) is 0 Å². The van der Waals surface area contributed by atoms with E-state index in [1.54, 1.807) is 0 Å². The molecule has 1 atom stereocenters. The predicted molar refractivity (Wildman–Crippen MR) is 75.2 cm³/mol. The van der Waals surface area contributed by atoms with Crippen molar-refractivity contribution in [3.63, 3.8) is 0 Å². The monoisotopic (exact) mass is 237 g/mol. The molecule has 0 bridgehead atoms. The Labute approximate surface area is 104 Å². The molecule has 0 aliphatic heterocycles. The fourth-order valence-electron chi connectivity index (χ4n) is 1.94. The molecular weight excluding hydrogens is 214 g/mol. The molecule has 0 saturated heterocycles. The first kappa shape index (κ1) is 13.6. The maximum atomic E-state index is 3.22. The summed E-state index contributed by atoms with van der Waals surface area (Å²) in [6, 6.07) is 6.82. The SMILES string of the molecule is CNCC(C)CSCc1cc(C)cc(C)c1. The summed E-state index contributed by atoms with van der Waals surface area (Å²) in [5, 5.41) is 3.22. The lowest BCUT2D eigenvalue weighted by Gasteiger charge is -2.10. The molecule has 0 spiro atoms. The lowest BCUT2D eigenvalue weighted by molar-refractivity contribution is 0.603. The molecule has 90 valence electrons. The van der Waals surface area contributed by atoms with Crippen LogP contribution in [0.15, 0.2) is 18.2 Å². The summed E-state index contributed by atoms with van der Waals surface area (Å²) in [4.78, 5) is 0. The van der Waals surface area contributed by atoms with Gasteiger partial charge < -0.3 is 5.32 Å². The Morgan fingerprint density at radius 1 is 1.19 bits per heavy atom. The van der Waals surface area contributed by atoms with E-state index in [1.807, 2.05) is 18.8 Å². The molecule has 2 heteroatoms. The number of rotatable bonds is 6. The van der Waals surface area contributed by atoms with E-state index in [1.165, 1.54) is 22.4 Å². The molecule has 1 nitrogen and oxygen atoms in total. The highest BCUT2D eigenvalue weighted by Gasteiger charge is 2.01. The van der Waals surface area contributed by atoms with Crippen LogP contribution in [0.25, 0.3) is 0 Å². The van der Waals surface area contributed by atoms with Crippen LogP contribution in [0.2, 0.25) is 0 Å². The molecule has 0 aliphatic carbocycles. The van der Waals surface area contributed by atoms with Gasteiger partial charge in [-0.05, 0) is 44.7 Å². The van der Waals surface area contributed by atoms with Gasteiger partial charge >= 0.3 is 0 Å². The van der Waals surface area contributed by atoms with Gasteiger partial charge in [-0.15, -0.1) is 0 Å². The van der Waals surface area contributed by atoms with E-state index in [0.717, 1.165) is 18.2 Å². The molecule has 1 rings (SSSR count). The van der Waals surface area contributed by atoms with Crippen molar-refractivity contribution in [1.82, 2.24) is 5.32 Å². The topological polar surface area (TPSA) is 12.0 Å². The van der Waals surface area contributed by atoms with E-state index in [0.29, 0.717) is 0 Å². The second-order valence-electron chi connectivity index (χ2n) is 4.67. The lowest BCUT2D eigenvalue weighted by Crippen LogP contribution is -2.17. The molecule has 0 radical (unpaired) electrons. The highest BCUT2D eigenvalue weighted by atomic mass is 32.2. The molecule has 0 fully saturated rings. The second kappa shape index (κ2) is 6.97. The van der Waals surface area contributed by atoms with Crippen LogP contribution < -0.4 is 5.32 Å². The van der Waals surface area contributed by atoms with Crippen molar-refractivity contribution in [2.75, 3.05) is 19.3 Å². The number of hydrogen-bond acceptors (Lipinski definition) is 2. The van der Waals surface area contributed by atoms with Crippen LogP contribution in [0.5, 0.6) is 0 Å². The van der Waals surface area contributed by atoms with E-state index >= 15 is 0 Å². The maximum absolute atomic E-state index is 3.22. The Morgan fingerprint density at radius 3 is 2.38 bits per heavy atom. The van der Waals surface area contributed by atoms with Crippen molar-refractivity contribution < 1.29 is 0 Å². The van der Waals surface area contributed by atoms with Gasteiger partial charge in [0.15, 0.2) is 0 Å². The largest absolute Gasteiger partial charge is 0.319 e. The average Bonchev–Trinajstić information content (AvgIpc) is 2.16. The minimum atomic E-state index is 0.751. The maximum Gasteiger partial charge on any atom is 0.0184 e. The van der Waals surface area contributed by atoms with Gasteiger partial charge in [0.1, 0.15) is 0 Å². The highest BCUT2D eigenvalue weighted by molar-refractivity contribution is 7.98. The van der Waals surface area contributed by atoms with Crippen LogP contribution in [-0.2, 0) is 5.75 Å². The zero-order chi connectivity index (χ0) is 12.0. The summed E-state index contributed by atoms with van der Waals surface area (Å²) >= 11 is 2.03. The van der Waals surface area contributed by atoms with Gasteiger partial charge in [0.05, 0.1) is 0 Å². The first-order valence-electron chi connectivity index (χ1n) is 5.91. The Balaban J connectivity index is 2.37. The minimum absolute atomic E-state index is 0.751. The zero-order valence-corrected chi connectivity index (χ0v) is 11.7. The number of benzene rings is 1. The van der Waals surface area contributed by atoms with Crippen LogP contribution in [0.4, 0.5) is 0 Å². The van der Waals surface area contributed by atoms with Crippen molar-refractivity contribution >= 4 is 11.8 Å². The van der Waals surface area contributed by atoms with E-state index in [9.17, 15) is 0 Å². The van der Waals surface area contributed by atoms with Crippen LogP contribution >= 0.6 is 11.8 Å². The zero-order valence-electron chi connectivity index (χ0n) is 10.8. The molecule has 1 unspecified atom stereocenters. The fourth-order valence-corrected chi connectivity index (χ4v) is 2.98. The third kappa shape index (κ3) is 5.04. The van der Waals surface area contributed by atoms with E-state index in [2.05, 4.69) is 44.3 Å². The van der Waals surface area contributed by atoms with E-state index in [4.69, 9.17) is 0 Å². The van der Waals surface area contributed by atoms with Gasteiger partial charge in [-0.3, -0.25) is 0 Å². The number of thioether (sulfide) groups is 1. The number of nitrogens with one attached hydrogen (secondary N) is 1. The number of aryl methyl sites for hydroxylation is 2. The first-order valence-corrected chi connectivity index (χ1v) is 7.07. The highest BCUT2D eigenvalue weighted by Crippen LogP contribution is 2.17. The Kier molecular flexibility index (Phi) is 5.93. The summed E-state index contributed by atoms with van der Waals surface area (Å²) < 4.78 is 0. The summed E-state index contributed by atoms with van der Waals surface area (Å²) in [6.45, 7) is 7.75. The third-order valence-corrected chi connectivity index (χ3v) is 3.85. The Morgan fingerprint density at radius 2 is 1.81 bits per heavy atom. The van der Waals surface area contributed by atoms with Gasteiger partial charge in [0.2, 0.25) is 0 Å². The summed E-state index contributed by atoms with van der Waals surface area (Å²) in [7, 11) is 2.02. The van der Waals surface area contributed by atoms with Crippen LogP contribution in [0, 0.1) is 19.8 Å². The van der Waals surface area contributed by atoms with Crippen molar-refractivity contribution in [1.29, 1.82) is 0 Å². The predicted octanol–water partition coefficient (Wildman–Crippen LogP) is 3.39. The van der Waals surface area contributed by atoms with Crippen molar-refractivity contribution in [3.8, 4) is 0 Å². The van der Waals surface area contributed by atoms with Crippen molar-refractivity contribution in [3.05, 3.63) is 34.9 Å². The molecule has 0 aliphatic rings. The molecule has 0 aromatic heterocycles. The second-order valence-corrected chi connectivity index (χ2v) is 5.70. The molecule has 0 amide bonds. The quantitative estimate of drug-likeness (QED) is 0.814. The van der Waals surface area contributed by atoms with Gasteiger partial charge in [0, 0.05) is 5.75 Å². The minimum Gasteiger partial charge on any atom is -0.319 e. The van der Waals surface area contributed by atoms with Gasteiger partial charge in [-0.1, -0.05) is 36.2 Å². The van der Waals surface area contributed by atoms with E-state index < -0.39 is 0 Å². The van der Waals surface area contributed by atoms with Gasteiger partial charge in [-0.25, -0.2) is 0 Å².